The van der Waals surface area contributed by atoms with Gasteiger partial charge in [0.15, 0.2) is 29.6 Å². The van der Waals surface area contributed by atoms with Gasteiger partial charge >= 0.3 is 0 Å². The Morgan fingerprint density at radius 3 is 2.15 bits per heavy atom. The molecule has 0 radical (unpaired) electrons. The second kappa shape index (κ2) is 15.0. The monoisotopic (exact) mass is 652 g/mol. The predicted molar refractivity (Wildman–Crippen MR) is 165 cm³/mol. The third-order valence-corrected chi connectivity index (χ3v) is 7.96. The van der Waals surface area contributed by atoms with Crippen LogP contribution in [0.15, 0.2) is 85.5 Å². The van der Waals surface area contributed by atoms with E-state index in [-0.39, 0.29) is 25.4 Å². The van der Waals surface area contributed by atoms with Crippen LogP contribution >= 0.6 is 0 Å². The van der Waals surface area contributed by atoms with Gasteiger partial charge in [0, 0.05) is 31.6 Å². The number of hydrogen-bond acceptors (Lipinski definition) is 5. The number of nitrogens with one attached hydrogen (secondary N) is 1. The first-order valence-electron chi connectivity index (χ1n) is 14.9. The van der Waals surface area contributed by atoms with Crippen LogP contribution in [-0.4, -0.2) is 42.2 Å². The van der Waals surface area contributed by atoms with Gasteiger partial charge < -0.3 is 24.8 Å². The number of aliphatic hydroxyl groups excluding tert-OH is 1. The topological polar surface area (TPSA) is 71.0 Å². The van der Waals surface area contributed by atoms with Crippen molar-refractivity contribution in [3.8, 4) is 11.1 Å². The molecule has 0 bridgehead atoms. The lowest BCUT2D eigenvalue weighted by atomic mass is 9.97. The summed E-state index contributed by atoms with van der Waals surface area (Å²) in [5.74, 6) is -12.6. The molecule has 1 fully saturated rings. The average molecular weight is 653 g/mol. The normalized spacial score (nSPS) is 17.9. The fourth-order valence-corrected chi connectivity index (χ4v) is 5.52. The summed E-state index contributed by atoms with van der Waals surface area (Å²) in [5.41, 5.74) is 2.93. The van der Waals surface area contributed by atoms with Crippen LogP contribution in [0.2, 0.25) is 0 Å². The van der Waals surface area contributed by atoms with Crippen molar-refractivity contribution in [3.63, 3.8) is 0 Å². The lowest BCUT2D eigenvalue weighted by Gasteiger charge is -2.37. The van der Waals surface area contributed by atoms with Gasteiger partial charge in [-0.05, 0) is 34.9 Å². The van der Waals surface area contributed by atoms with E-state index in [0.29, 0.717) is 30.6 Å². The van der Waals surface area contributed by atoms with Crippen LogP contribution in [-0.2, 0) is 22.6 Å². The number of hydrogen-bond donors (Lipinski definition) is 2. The molecule has 3 atom stereocenters. The van der Waals surface area contributed by atoms with Crippen molar-refractivity contribution in [2.45, 2.75) is 38.1 Å². The summed E-state index contributed by atoms with van der Waals surface area (Å²) in [4.78, 5) is 14.6. The predicted octanol–water partition coefficient (Wildman–Crippen LogP) is 7.13. The number of benzene rings is 4. The molecule has 1 aliphatic heterocycles. The Balaban J connectivity index is 1.35. The molecule has 3 unspecified atom stereocenters. The van der Waals surface area contributed by atoms with E-state index >= 15 is 0 Å². The Hall–Kier alpha value is -4.42. The van der Waals surface area contributed by atoms with Gasteiger partial charge in [0.05, 0.1) is 18.8 Å². The molecule has 1 amide bonds. The number of aliphatic hydroxyl groups is 1. The van der Waals surface area contributed by atoms with E-state index < -0.39 is 46.8 Å². The van der Waals surface area contributed by atoms with E-state index in [4.69, 9.17) is 9.47 Å². The maximum atomic E-state index is 14.2. The Morgan fingerprint density at radius 2 is 1.51 bits per heavy atom. The summed E-state index contributed by atoms with van der Waals surface area (Å²) in [6.07, 6.45) is 1.35. The molecule has 11 heteroatoms. The zero-order valence-corrected chi connectivity index (χ0v) is 25.5. The van der Waals surface area contributed by atoms with Crippen LogP contribution in [0.4, 0.5) is 22.0 Å². The van der Waals surface area contributed by atoms with Crippen LogP contribution in [0.5, 0.6) is 0 Å². The second-order valence-corrected chi connectivity index (χ2v) is 11.3. The number of nitrogens with zero attached hydrogens (tertiary/aromatic N) is 1. The van der Waals surface area contributed by atoms with Crippen LogP contribution in [0.25, 0.3) is 11.1 Å². The quantitative estimate of drug-likeness (QED) is 0.0781. The molecule has 5 rings (SSSR count). The van der Waals surface area contributed by atoms with Crippen molar-refractivity contribution in [1.82, 2.24) is 10.2 Å². The summed E-state index contributed by atoms with van der Waals surface area (Å²) < 4.78 is 81.9. The van der Waals surface area contributed by atoms with Crippen molar-refractivity contribution in [3.05, 3.63) is 142 Å². The minimum Gasteiger partial charge on any atom is -0.392 e. The lowest BCUT2D eigenvalue weighted by Crippen LogP contribution is -2.37. The lowest BCUT2D eigenvalue weighted by molar-refractivity contribution is -0.252. The molecule has 6 nitrogen and oxygen atoms in total. The smallest absolute Gasteiger partial charge is 0.257 e. The molecule has 4 aromatic rings. The first-order chi connectivity index (χ1) is 22.6. The summed E-state index contributed by atoms with van der Waals surface area (Å²) in [5, 5.41) is 11.7. The number of carbonyl (C=O) groups is 1. The molecule has 0 aromatic heterocycles. The molecule has 0 saturated carbocycles. The summed E-state index contributed by atoms with van der Waals surface area (Å²) in [7, 11) is 1.98. The standard InChI is InChI=1S/C36H33F5N2O4/c1-3-16-43(2)19-26-17-28(23-10-8-21(20-44)9-11-23)47-36(46-26)24-14-12-22(13-15-24)27-7-5-4-6-25(27)18-42-35(45)29-30(37)32(39)34(41)33(40)31(29)38/h3-15,26,28,36,44H,1,16-20H2,2H3,(H,42,45). The van der Waals surface area contributed by atoms with Crippen molar-refractivity contribution in [2.24, 2.45) is 0 Å². The fourth-order valence-electron chi connectivity index (χ4n) is 5.52. The molecule has 47 heavy (non-hydrogen) atoms. The zero-order valence-electron chi connectivity index (χ0n) is 25.5. The van der Waals surface area contributed by atoms with Crippen LogP contribution in [0.1, 0.15) is 51.4 Å². The Kier molecular flexibility index (Phi) is 10.8. The second-order valence-electron chi connectivity index (χ2n) is 11.3. The highest BCUT2D eigenvalue weighted by Crippen LogP contribution is 2.39. The number of carbonyl (C=O) groups excluding carboxylic acids is 1. The van der Waals surface area contributed by atoms with Gasteiger partial charge in [0.2, 0.25) is 5.82 Å². The Morgan fingerprint density at radius 1 is 0.894 bits per heavy atom. The first-order valence-corrected chi connectivity index (χ1v) is 14.9. The zero-order chi connectivity index (χ0) is 33.7. The maximum absolute atomic E-state index is 14.2. The van der Waals surface area contributed by atoms with Crippen molar-refractivity contribution in [2.75, 3.05) is 20.1 Å². The number of amides is 1. The van der Waals surface area contributed by atoms with Gasteiger partial charge in [-0.2, -0.15) is 0 Å². The minimum atomic E-state index is -2.34. The van der Waals surface area contributed by atoms with Crippen LogP contribution in [0.3, 0.4) is 0 Å². The number of halogens is 5. The average Bonchev–Trinajstić information content (AvgIpc) is 3.09. The molecule has 1 aliphatic rings. The summed E-state index contributed by atoms with van der Waals surface area (Å²) in [6.45, 7) is 4.85. The van der Waals surface area contributed by atoms with Gasteiger partial charge in [-0.3, -0.25) is 4.79 Å². The number of ether oxygens (including phenoxy) is 2. The van der Waals surface area contributed by atoms with E-state index in [2.05, 4.69) is 16.8 Å². The molecule has 4 aromatic carbocycles. The van der Waals surface area contributed by atoms with E-state index in [0.717, 1.165) is 22.3 Å². The molecule has 1 saturated heterocycles. The molecule has 1 heterocycles. The molecular formula is C36H33F5N2O4. The van der Waals surface area contributed by atoms with Crippen molar-refractivity contribution in [1.29, 1.82) is 0 Å². The highest BCUT2D eigenvalue weighted by Gasteiger charge is 2.33. The van der Waals surface area contributed by atoms with Gasteiger partial charge in [0.25, 0.3) is 5.91 Å². The molecule has 246 valence electrons. The molecular weight excluding hydrogens is 619 g/mol. The van der Waals surface area contributed by atoms with Crippen LogP contribution in [0, 0.1) is 29.1 Å². The van der Waals surface area contributed by atoms with Gasteiger partial charge in [-0.15, -0.1) is 6.58 Å². The van der Waals surface area contributed by atoms with Gasteiger partial charge in [-0.25, -0.2) is 22.0 Å². The van der Waals surface area contributed by atoms with E-state index in [1.54, 1.807) is 24.3 Å². The Labute approximate surface area is 269 Å². The maximum Gasteiger partial charge on any atom is 0.257 e. The highest BCUT2D eigenvalue weighted by molar-refractivity contribution is 5.95. The van der Waals surface area contributed by atoms with Crippen molar-refractivity contribution >= 4 is 5.91 Å². The Bertz CT molecular complexity index is 1700. The highest BCUT2D eigenvalue weighted by atomic mass is 19.2. The SMILES string of the molecule is C=CCN(C)CC1CC(c2ccc(CO)cc2)OC(c2ccc(-c3ccccc3CNC(=O)c3c(F)c(F)c(F)c(F)c3F)cc2)O1. The molecule has 0 aliphatic carbocycles. The largest absolute Gasteiger partial charge is 0.392 e. The fraction of sp³-hybridized carbons (Fsp3) is 0.250. The van der Waals surface area contributed by atoms with Crippen molar-refractivity contribution < 1.29 is 41.3 Å². The summed E-state index contributed by atoms with van der Waals surface area (Å²) in [6, 6.07) is 21.9. The minimum absolute atomic E-state index is 0.0559. The van der Waals surface area contributed by atoms with Gasteiger partial charge in [0.1, 0.15) is 5.56 Å². The molecule has 0 spiro atoms. The van der Waals surface area contributed by atoms with E-state index in [1.807, 2.05) is 61.7 Å². The van der Waals surface area contributed by atoms with Crippen LogP contribution < -0.4 is 5.32 Å². The van der Waals surface area contributed by atoms with Gasteiger partial charge in [-0.1, -0.05) is 78.9 Å². The van der Waals surface area contributed by atoms with E-state index in [1.165, 1.54) is 0 Å². The summed E-state index contributed by atoms with van der Waals surface area (Å²) >= 11 is 0. The molecule has 2 N–H and O–H groups in total. The first kappa shape index (κ1) is 33.9. The third-order valence-electron chi connectivity index (χ3n) is 7.96. The number of likely N-dealkylation sites (N-methyl/N-ethyl adjacent to an activating group) is 1. The van der Waals surface area contributed by atoms with E-state index in [9.17, 15) is 31.9 Å². The number of rotatable bonds is 11. The third kappa shape index (κ3) is 7.60.